The molecule has 2 unspecified atom stereocenters. The maximum atomic E-state index is 13.4. The number of hydrogen-bond acceptors (Lipinski definition) is 5. The molecule has 36 heavy (non-hydrogen) atoms. The standard InChI is InChI=1S/C29H40N4O3/c1-18(2)20(4)30-16-28(34)32-17-19(3)33(24-10-11-24)26-14-9-23(15-27(26)32)29(35)31-21(5)22-7-12-25(36-6)13-8-22/h7-9,12-15,18-21,24,30H,10-11,16-17H2,1-6H3,(H,31,35)/t19?,20-,21?/m0/s1. The van der Waals surface area contributed by atoms with Crippen LogP contribution in [0.5, 0.6) is 5.75 Å². The van der Waals surface area contributed by atoms with Crippen LogP contribution in [0.1, 0.15) is 69.4 Å². The van der Waals surface area contributed by atoms with Crippen LogP contribution in [0.4, 0.5) is 11.4 Å². The van der Waals surface area contributed by atoms with Gasteiger partial charge in [0.05, 0.1) is 31.1 Å². The Kier molecular flexibility index (Phi) is 7.88. The van der Waals surface area contributed by atoms with Gasteiger partial charge in [0, 0.05) is 30.2 Å². The molecule has 1 heterocycles. The van der Waals surface area contributed by atoms with Crippen molar-refractivity contribution in [3.8, 4) is 5.75 Å². The molecule has 1 aliphatic carbocycles. The van der Waals surface area contributed by atoms with Crippen molar-refractivity contribution in [2.75, 3.05) is 30.0 Å². The van der Waals surface area contributed by atoms with Gasteiger partial charge in [-0.3, -0.25) is 9.59 Å². The Hall–Kier alpha value is -3.06. The Morgan fingerprint density at radius 2 is 1.72 bits per heavy atom. The molecule has 1 saturated carbocycles. The summed E-state index contributed by atoms with van der Waals surface area (Å²) in [4.78, 5) is 30.9. The van der Waals surface area contributed by atoms with Crippen molar-refractivity contribution >= 4 is 23.2 Å². The zero-order chi connectivity index (χ0) is 26.0. The molecule has 7 heteroatoms. The van der Waals surface area contributed by atoms with Crippen molar-refractivity contribution < 1.29 is 14.3 Å². The van der Waals surface area contributed by atoms with E-state index in [2.05, 4.69) is 43.2 Å². The fourth-order valence-corrected chi connectivity index (χ4v) is 4.77. The van der Waals surface area contributed by atoms with Gasteiger partial charge in [-0.1, -0.05) is 26.0 Å². The Bertz CT molecular complexity index is 1080. The van der Waals surface area contributed by atoms with E-state index in [0.29, 0.717) is 24.1 Å². The number of rotatable bonds is 9. The zero-order valence-electron chi connectivity index (χ0n) is 22.4. The minimum absolute atomic E-state index is 0.0372. The number of benzene rings is 2. The number of amides is 2. The fraction of sp³-hybridized carbons (Fsp3) is 0.517. The van der Waals surface area contributed by atoms with Crippen LogP contribution in [0.15, 0.2) is 42.5 Å². The molecular weight excluding hydrogens is 452 g/mol. The van der Waals surface area contributed by atoms with Crippen LogP contribution in [0.3, 0.4) is 0 Å². The highest BCUT2D eigenvalue weighted by molar-refractivity contribution is 6.03. The predicted octanol–water partition coefficient (Wildman–Crippen LogP) is 4.52. The summed E-state index contributed by atoms with van der Waals surface area (Å²) in [5, 5.41) is 6.47. The van der Waals surface area contributed by atoms with E-state index >= 15 is 0 Å². The largest absolute Gasteiger partial charge is 0.497 e. The van der Waals surface area contributed by atoms with Crippen LogP contribution >= 0.6 is 0 Å². The molecule has 194 valence electrons. The molecule has 2 amide bonds. The average Bonchev–Trinajstić information content (AvgIpc) is 3.71. The maximum Gasteiger partial charge on any atom is 0.251 e. The number of methoxy groups -OCH3 is 1. The molecule has 3 atom stereocenters. The van der Waals surface area contributed by atoms with Crippen LogP contribution in [0.2, 0.25) is 0 Å². The molecule has 0 radical (unpaired) electrons. The van der Waals surface area contributed by atoms with E-state index in [4.69, 9.17) is 4.74 Å². The molecule has 1 fully saturated rings. The fourth-order valence-electron chi connectivity index (χ4n) is 4.77. The summed E-state index contributed by atoms with van der Waals surface area (Å²) in [5.41, 5.74) is 3.42. The van der Waals surface area contributed by atoms with Crippen LogP contribution in [-0.4, -0.2) is 50.1 Å². The van der Waals surface area contributed by atoms with Crippen molar-refractivity contribution in [3.05, 3.63) is 53.6 Å². The Morgan fingerprint density at radius 1 is 1.03 bits per heavy atom. The van der Waals surface area contributed by atoms with Gasteiger partial charge in [0.1, 0.15) is 5.75 Å². The number of nitrogens with one attached hydrogen (secondary N) is 2. The van der Waals surface area contributed by atoms with Crippen LogP contribution in [-0.2, 0) is 4.79 Å². The number of fused-ring (bicyclic) bond motifs is 1. The molecule has 0 bridgehead atoms. The molecule has 7 nitrogen and oxygen atoms in total. The highest BCUT2D eigenvalue weighted by Crippen LogP contribution is 2.42. The molecule has 2 aliphatic rings. The number of carbonyl (C=O) groups is 2. The number of carbonyl (C=O) groups excluding carboxylic acids is 2. The lowest BCUT2D eigenvalue weighted by Crippen LogP contribution is -2.53. The quantitative estimate of drug-likeness (QED) is 0.538. The van der Waals surface area contributed by atoms with E-state index in [9.17, 15) is 9.59 Å². The van der Waals surface area contributed by atoms with E-state index in [1.54, 1.807) is 7.11 Å². The Morgan fingerprint density at radius 3 is 2.33 bits per heavy atom. The second-order valence-electron chi connectivity index (χ2n) is 10.6. The topological polar surface area (TPSA) is 73.9 Å². The minimum Gasteiger partial charge on any atom is -0.497 e. The average molecular weight is 493 g/mol. The van der Waals surface area contributed by atoms with E-state index < -0.39 is 0 Å². The minimum atomic E-state index is -0.165. The molecule has 0 aromatic heterocycles. The first-order valence-corrected chi connectivity index (χ1v) is 13.1. The van der Waals surface area contributed by atoms with Gasteiger partial charge in [0.2, 0.25) is 5.91 Å². The lowest BCUT2D eigenvalue weighted by molar-refractivity contribution is -0.118. The van der Waals surface area contributed by atoms with E-state index in [1.165, 1.54) is 12.8 Å². The van der Waals surface area contributed by atoms with E-state index in [0.717, 1.165) is 22.7 Å². The smallest absolute Gasteiger partial charge is 0.251 e. The number of nitrogens with zero attached hydrogens (tertiary/aromatic N) is 2. The van der Waals surface area contributed by atoms with Gasteiger partial charge in [-0.15, -0.1) is 0 Å². The number of anilines is 2. The van der Waals surface area contributed by atoms with Gasteiger partial charge >= 0.3 is 0 Å². The van der Waals surface area contributed by atoms with Crippen molar-refractivity contribution in [1.82, 2.24) is 10.6 Å². The first-order chi connectivity index (χ1) is 17.2. The van der Waals surface area contributed by atoms with Crippen molar-refractivity contribution in [2.45, 2.75) is 71.6 Å². The lowest BCUT2D eigenvalue weighted by Gasteiger charge is -2.43. The molecule has 4 rings (SSSR count). The van der Waals surface area contributed by atoms with E-state index in [-0.39, 0.29) is 36.5 Å². The van der Waals surface area contributed by atoms with Crippen LogP contribution in [0.25, 0.3) is 0 Å². The van der Waals surface area contributed by atoms with E-state index in [1.807, 2.05) is 54.3 Å². The molecule has 1 aliphatic heterocycles. The zero-order valence-corrected chi connectivity index (χ0v) is 22.4. The van der Waals surface area contributed by atoms with Gasteiger partial charge < -0.3 is 25.2 Å². The third-order valence-corrected chi connectivity index (χ3v) is 7.51. The monoisotopic (exact) mass is 492 g/mol. The van der Waals surface area contributed by atoms with Crippen LogP contribution < -0.4 is 25.2 Å². The number of hydrogen-bond donors (Lipinski definition) is 2. The summed E-state index contributed by atoms with van der Waals surface area (Å²) in [5.74, 6) is 1.11. The van der Waals surface area contributed by atoms with Gasteiger partial charge in [0.15, 0.2) is 0 Å². The predicted molar refractivity (Wildman–Crippen MR) is 145 cm³/mol. The third-order valence-electron chi connectivity index (χ3n) is 7.51. The summed E-state index contributed by atoms with van der Waals surface area (Å²) >= 11 is 0. The summed E-state index contributed by atoms with van der Waals surface area (Å²) in [7, 11) is 1.64. The summed E-state index contributed by atoms with van der Waals surface area (Å²) in [6.45, 7) is 11.4. The highest BCUT2D eigenvalue weighted by Gasteiger charge is 2.39. The summed E-state index contributed by atoms with van der Waals surface area (Å²) < 4.78 is 5.23. The SMILES string of the molecule is COc1ccc(C(C)NC(=O)c2ccc3c(c2)N(C(=O)CN[C@@H](C)C(C)C)CC(C)N3C2CC2)cc1. The molecule has 0 saturated heterocycles. The summed E-state index contributed by atoms with van der Waals surface area (Å²) in [6.07, 6.45) is 2.35. The normalized spacial score (nSPS) is 19.0. The van der Waals surface area contributed by atoms with Crippen LogP contribution in [0, 0.1) is 5.92 Å². The third kappa shape index (κ3) is 5.67. The molecular formula is C29H40N4O3. The van der Waals surface area contributed by atoms with Gasteiger partial charge in [-0.2, -0.15) is 0 Å². The van der Waals surface area contributed by atoms with Gasteiger partial charge in [0.25, 0.3) is 5.91 Å². The first kappa shape index (κ1) is 26.0. The van der Waals surface area contributed by atoms with Gasteiger partial charge in [-0.25, -0.2) is 0 Å². The maximum absolute atomic E-state index is 13.4. The van der Waals surface area contributed by atoms with Crippen molar-refractivity contribution in [3.63, 3.8) is 0 Å². The van der Waals surface area contributed by atoms with Crippen molar-refractivity contribution in [1.29, 1.82) is 0 Å². The number of ether oxygens (including phenoxy) is 1. The second-order valence-corrected chi connectivity index (χ2v) is 10.6. The van der Waals surface area contributed by atoms with Crippen molar-refractivity contribution in [2.24, 2.45) is 5.92 Å². The second kappa shape index (κ2) is 10.9. The Labute approximate surface area is 215 Å². The molecule has 0 spiro atoms. The first-order valence-electron chi connectivity index (χ1n) is 13.1. The Balaban J connectivity index is 1.56. The molecule has 2 aromatic rings. The highest BCUT2D eigenvalue weighted by atomic mass is 16.5. The lowest BCUT2D eigenvalue weighted by atomic mass is 10.0. The molecule has 2 N–H and O–H groups in total. The summed E-state index contributed by atoms with van der Waals surface area (Å²) in [6, 6.07) is 14.3. The van der Waals surface area contributed by atoms with Gasteiger partial charge in [-0.05, 0) is 75.4 Å². The molecule has 2 aromatic carbocycles.